The lowest BCUT2D eigenvalue weighted by atomic mass is 9.36. The lowest BCUT2D eigenvalue weighted by molar-refractivity contribution is -0.233. The lowest BCUT2D eigenvalue weighted by Gasteiger charge is -2.68. The fourth-order valence-electron chi connectivity index (χ4n) is 9.27. The highest BCUT2D eigenvalue weighted by Crippen LogP contribution is 2.73. The van der Waals surface area contributed by atoms with Gasteiger partial charge in [0.05, 0.1) is 12.2 Å². The van der Waals surface area contributed by atoms with Crippen molar-refractivity contribution >= 4 is 17.7 Å². The molecule has 0 spiro atoms. The summed E-state index contributed by atoms with van der Waals surface area (Å²) in [5.74, 6) is -2.24. The summed E-state index contributed by atoms with van der Waals surface area (Å²) in [4.78, 5) is 37.0. The first-order chi connectivity index (χ1) is 16.7. The normalized spacial score (nSPS) is 46.0. The molecule has 0 heterocycles. The van der Waals surface area contributed by atoms with Crippen LogP contribution in [0.25, 0.3) is 0 Å². The summed E-state index contributed by atoms with van der Waals surface area (Å²) in [6.07, 6.45) is 4.77. The molecular weight excluding hydrogens is 460 g/mol. The summed E-state index contributed by atoms with van der Waals surface area (Å²) in [6, 6.07) is 0. The summed E-state index contributed by atoms with van der Waals surface area (Å²) in [5.41, 5.74) is -0.416. The molecule has 0 unspecified atom stereocenters. The second kappa shape index (κ2) is 9.09. The van der Waals surface area contributed by atoms with Gasteiger partial charge in [-0.1, -0.05) is 33.8 Å². The Labute approximate surface area is 213 Å². The van der Waals surface area contributed by atoms with Crippen molar-refractivity contribution in [1.82, 2.24) is 0 Å². The van der Waals surface area contributed by atoms with Crippen molar-refractivity contribution in [2.75, 3.05) is 0 Å². The van der Waals surface area contributed by atoms with Gasteiger partial charge in [0.25, 0.3) is 0 Å². The zero-order valence-electron chi connectivity index (χ0n) is 22.2. The zero-order chi connectivity index (χ0) is 26.8. The Bertz CT molecular complexity index is 1030. The summed E-state index contributed by atoms with van der Waals surface area (Å²) < 4.78 is 0. The van der Waals surface area contributed by atoms with Crippen molar-refractivity contribution < 1.29 is 34.8 Å². The van der Waals surface area contributed by atoms with Crippen molar-refractivity contribution in [1.29, 1.82) is 0 Å². The molecule has 4 fully saturated rings. The van der Waals surface area contributed by atoms with Crippen molar-refractivity contribution in [2.24, 2.45) is 39.9 Å². The van der Waals surface area contributed by atoms with Gasteiger partial charge in [0, 0.05) is 23.1 Å². The molecule has 0 aromatic rings. The number of hydrogen-bond acceptors (Lipinski definition) is 5. The fourth-order valence-corrected chi connectivity index (χ4v) is 9.27. The topological polar surface area (TPSA) is 132 Å². The molecule has 0 aliphatic heterocycles. The molecule has 0 radical (unpaired) electrons. The number of aliphatic carboxylic acids is 2. The third-order valence-electron chi connectivity index (χ3n) is 11.3. The molecule has 4 N–H and O–H groups in total. The molecule has 9 atom stereocenters. The Morgan fingerprint density at radius 1 is 1.00 bits per heavy atom. The monoisotopic (exact) mass is 502 g/mol. The largest absolute Gasteiger partial charge is 0.478 e. The van der Waals surface area contributed by atoms with Crippen molar-refractivity contribution in [2.45, 2.75) is 98.2 Å². The quantitative estimate of drug-likeness (QED) is 0.411. The molecule has 4 rings (SSSR count). The van der Waals surface area contributed by atoms with Gasteiger partial charge in [-0.25, -0.2) is 9.59 Å². The van der Waals surface area contributed by atoms with E-state index in [0.29, 0.717) is 24.3 Å². The number of carboxylic acids is 2. The number of ketones is 1. The van der Waals surface area contributed by atoms with E-state index in [1.807, 2.05) is 0 Å². The molecule has 0 aromatic heterocycles. The van der Waals surface area contributed by atoms with Crippen LogP contribution >= 0.6 is 0 Å². The van der Waals surface area contributed by atoms with Crippen LogP contribution in [0.2, 0.25) is 0 Å². The Morgan fingerprint density at radius 2 is 1.67 bits per heavy atom. The van der Waals surface area contributed by atoms with E-state index in [2.05, 4.69) is 27.7 Å². The smallest absolute Gasteiger partial charge is 0.331 e. The van der Waals surface area contributed by atoms with Gasteiger partial charge in [0.2, 0.25) is 0 Å². The summed E-state index contributed by atoms with van der Waals surface area (Å²) in [6.45, 7) is 10.2. The molecule has 36 heavy (non-hydrogen) atoms. The van der Waals surface area contributed by atoms with E-state index in [1.165, 1.54) is 13.0 Å². The van der Waals surface area contributed by atoms with Crippen LogP contribution in [0.15, 0.2) is 22.8 Å². The van der Waals surface area contributed by atoms with Crippen LogP contribution in [0.5, 0.6) is 0 Å². The molecule has 4 aliphatic rings. The summed E-state index contributed by atoms with van der Waals surface area (Å²) in [7, 11) is 0. The lowest BCUT2D eigenvalue weighted by Crippen LogP contribution is -2.65. The van der Waals surface area contributed by atoms with Gasteiger partial charge in [0.1, 0.15) is 0 Å². The Kier molecular flexibility index (Phi) is 6.83. The SMILES string of the molecule is CC(=CCCC(C(=O)O)=C1C(=O)C[C@@]2(C)[C@H]1C[C@@H](O)[C@H]1[C@@]3(C)CC[C@@H](O)[C@@H](C)[C@@H]3CC[C@@]12C)C(=O)O. The molecule has 4 saturated carbocycles. The number of hydrogen-bond donors (Lipinski definition) is 4. The van der Waals surface area contributed by atoms with Gasteiger partial charge in [-0.2, -0.15) is 0 Å². The summed E-state index contributed by atoms with van der Waals surface area (Å²) in [5, 5.41) is 41.5. The van der Waals surface area contributed by atoms with E-state index in [0.717, 1.165) is 19.3 Å². The van der Waals surface area contributed by atoms with E-state index < -0.39 is 23.5 Å². The number of allylic oxidation sites excluding steroid dienone is 2. The van der Waals surface area contributed by atoms with Gasteiger partial charge in [-0.05, 0) is 91.8 Å². The second-order valence-corrected chi connectivity index (χ2v) is 12.8. The predicted molar refractivity (Wildman–Crippen MR) is 134 cm³/mol. The van der Waals surface area contributed by atoms with Gasteiger partial charge in [-0.3, -0.25) is 4.79 Å². The van der Waals surface area contributed by atoms with Crippen LogP contribution < -0.4 is 0 Å². The summed E-state index contributed by atoms with van der Waals surface area (Å²) >= 11 is 0. The van der Waals surface area contributed by atoms with Crippen molar-refractivity contribution in [3.8, 4) is 0 Å². The second-order valence-electron chi connectivity index (χ2n) is 12.8. The number of aliphatic hydroxyl groups excluding tert-OH is 2. The van der Waals surface area contributed by atoms with E-state index in [1.54, 1.807) is 0 Å². The molecule has 0 saturated heterocycles. The minimum Gasteiger partial charge on any atom is -0.478 e. The minimum atomic E-state index is -1.14. The van der Waals surface area contributed by atoms with E-state index in [-0.39, 0.29) is 70.9 Å². The first kappa shape index (κ1) is 27.1. The third kappa shape index (κ3) is 3.80. The van der Waals surface area contributed by atoms with Crippen molar-refractivity contribution in [3.63, 3.8) is 0 Å². The predicted octanol–water partition coefficient (Wildman–Crippen LogP) is 4.37. The highest BCUT2D eigenvalue weighted by molar-refractivity contribution is 6.06. The van der Waals surface area contributed by atoms with Crippen LogP contribution in [0, 0.1) is 39.9 Å². The number of aliphatic hydroxyl groups is 2. The average molecular weight is 503 g/mol. The van der Waals surface area contributed by atoms with Crippen LogP contribution in [-0.2, 0) is 14.4 Å². The number of Topliss-reactive ketones (excluding diaryl/α,β-unsaturated/α-hetero) is 1. The number of carboxylic acid groups (broad SMARTS) is 2. The average Bonchev–Trinajstić information content (AvgIpc) is 3.04. The van der Waals surface area contributed by atoms with E-state index >= 15 is 0 Å². The maximum Gasteiger partial charge on any atom is 0.331 e. The number of fused-ring (bicyclic) bond motifs is 5. The number of rotatable bonds is 5. The molecule has 0 aromatic carbocycles. The maximum atomic E-state index is 13.5. The molecule has 200 valence electrons. The Morgan fingerprint density at radius 3 is 2.28 bits per heavy atom. The molecule has 0 amide bonds. The van der Waals surface area contributed by atoms with Crippen LogP contribution in [0.1, 0.15) is 86.0 Å². The van der Waals surface area contributed by atoms with Crippen LogP contribution in [0.3, 0.4) is 0 Å². The molecule has 4 aliphatic carbocycles. The standard InChI is InChI=1S/C29H42O7/c1-15(25(33)34)7-6-8-17(26(35)36)23-19-13-21(31)24-27(3)11-10-20(30)16(2)18(27)9-12-28(24,4)29(19,5)14-22(23)32/h7,16,18-21,24,30-31H,6,8-14H2,1-5H3,(H,33,34)(H,35,36)/t16-,18-,19-,20+,21+,24-,27-,28-,29-/m0/s1. The van der Waals surface area contributed by atoms with Crippen LogP contribution in [0.4, 0.5) is 0 Å². The molecule has 7 heteroatoms. The highest BCUT2D eigenvalue weighted by atomic mass is 16.4. The number of carbonyl (C=O) groups excluding carboxylic acids is 1. The fraction of sp³-hybridized carbons (Fsp3) is 0.759. The van der Waals surface area contributed by atoms with Gasteiger partial charge < -0.3 is 20.4 Å². The molecule has 7 nitrogen and oxygen atoms in total. The molecular formula is C29H42O7. The zero-order valence-corrected chi connectivity index (χ0v) is 22.2. The molecule has 0 bridgehead atoms. The highest BCUT2D eigenvalue weighted by Gasteiger charge is 2.70. The van der Waals surface area contributed by atoms with Gasteiger partial charge >= 0.3 is 11.9 Å². The van der Waals surface area contributed by atoms with Gasteiger partial charge in [0.15, 0.2) is 5.78 Å². The number of carbonyl (C=O) groups is 3. The maximum absolute atomic E-state index is 13.5. The third-order valence-corrected chi connectivity index (χ3v) is 11.3. The minimum absolute atomic E-state index is 0.0264. The van der Waals surface area contributed by atoms with Crippen LogP contribution in [-0.4, -0.2) is 50.4 Å². The Balaban J connectivity index is 1.74. The van der Waals surface area contributed by atoms with Crippen molar-refractivity contribution in [3.05, 3.63) is 22.8 Å². The van der Waals surface area contributed by atoms with E-state index in [4.69, 9.17) is 5.11 Å². The first-order valence-corrected chi connectivity index (χ1v) is 13.4. The first-order valence-electron chi connectivity index (χ1n) is 13.4. The van der Waals surface area contributed by atoms with Gasteiger partial charge in [-0.15, -0.1) is 0 Å². The van der Waals surface area contributed by atoms with E-state index in [9.17, 15) is 29.7 Å². The Hall–Kier alpha value is -1.99.